The van der Waals surface area contributed by atoms with Crippen LogP contribution in [0.2, 0.25) is 0 Å². The van der Waals surface area contributed by atoms with Gasteiger partial charge in [0.1, 0.15) is 11.9 Å². The van der Waals surface area contributed by atoms with Crippen LogP contribution in [-0.2, 0) is 13.1 Å². The van der Waals surface area contributed by atoms with Gasteiger partial charge in [-0.3, -0.25) is 4.90 Å². The summed E-state index contributed by atoms with van der Waals surface area (Å²) >= 11 is 0. The van der Waals surface area contributed by atoms with Crippen LogP contribution in [0.1, 0.15) is 29.5 Å². The van der Waals surface area contributed by atoms with Crippen LogP contribution < -0.4 is 4.74 Å². The molecule has 0 amide bonds. The number of halogens is 6. The predicted octanol–water partition coefficient (Wildman–Crippen LogP) is 5.60. The molecule has 0 fully saturated rings. The highest BCUT2D eigenvalue weighted by Crippen LogP contribution is 2.25. The number of aryl methyl sites for hydroxylation is 1. The number of nitrogens with zero attached hydrogens (tertiary/aromatic N) is 1. The molecule has 0 saturated heterocycles. The number of hydrogen-bond donors (Lipinski definition) is 1. The summed E-state index contributed by atoms with van der Waals surface area (Å²) in [6.07, 6.45) is -12.3. The molecular weight excluding hydrogens is 412 g/mol. The molecule has 2 aromatic rings. The zero-order chi connectivity index (χ0) is 22.4. The van der Waals surface area contributed by atoms with Gasteiger partial charge in [-0.05, 0) is 49.6 Å². The second-order valence-corrected chi connectivity index (χ2v) is 7.09. The lowest BCUT2D eigenvalue weighted by molar-refractivity contribution is -0.274. The number of aliphatic hydroxyl groups is 1. The summed E-state index contributed by atoms with van der Waals surface area (Å²) in [5.41, 5.74) is 2.47. The van der Waals surface area contributed by atoms with Gasteiger partial charge in [-0.2, -0.15) is 13.2 Å². The lowest BCUT2D eigenvalue weighted by Crippen LogP contribution is -2.30. The Balaban J connectivity index is 2.09. The highest BCUT2D eigenvalue weighted by atomic mass is 19.4. The Morgan fingerprint density at radius 1 is 0.933 bits per heavy atom. The first-order valence-corrected chi connectivity index (χ1v) is 9.30. The third-order valence-electron chi connectivity index (χ3n) is 4.36. The molecular formula is C21H23F6NO2. The minimum atomic E-state index is -4.81. The minimum Gasteiger partial charge on any atom is -0.406 e. The van der Waals surface area contributed by atoms with E-state index >= 15 is 0 Å². The number of hydrogen-bond acceptors (Lipinski definition) is 3. The third-order valence-corrected chi connectivity index (χ3v) is 4.36. The zero-order valence-electron chi connectivity index (χ0n) is 16.3. The first-order chi connectivity index (χ1) is 13.9. The van der Waals surface area contributed by atoms with Crippen LogP contribution >= 0.6 is 0 Å². The van der Waals surface area contributed by atoms with Crippen molar-refractivity contribution in [1.29, 1.82) is 0 Å². The SMILES string of the molecule is Cc1cccc(CN(CCC[C@@H](O)C(F)(F)F)Cc2cccc(OC(F)(F)F)c2)c1. The standard InChI is InChI=1S/C21H23F6NO2/c1-15-5-2-6-16(11-15)13-28(10-4-9-19(29)20(22,23)24)14-17-7-3-8-18(12-17)30-21(25,26)27/h2-3,5-8,11-12,19,29H,4,9-10,13-14H2,1H3/t19-/m1/s1. The second kappa shape index (κ2) is 10.2. The third kappa shape index (κ3) is 8.62. The van der Waals surface area contributed by atoms with Crippen molar-refractivity contribution in [1.82, 2.24) is 4.90 Å². The van der Waals surface area contributed by atoms with Gasteiger partial charge in [-0.15, -0.1) is 13.2 Å². The molecule has 0 saturated carbocycles. The fraction of sp³-hybridized carbons (Fsp3) is 0.429. The van der Waals surface area contributed by atoms with E-state index in [9.17, 15) is 31.4 Å². The number of aliphatic hydroxyl groups excluding tert-OH is 1. The van der Waals surface area contributed by atoms with Crippen molar-refractivity contribution in [3.8, 4) is 5.75 Å². The summed E-state index contributed by atoms with van der Waals surface area (Å²) in [4.78, 5) is 1.82. The van der Waals surface area contributed by atoms with Crippen molar-refractivity contribution < 1.29 is 36.2 Å². The second-order valence-electron chi connectivity index (χ2n) is 7.09. The van der Waals surface area contributed by atoms with E-state index in [0.29, 0.717) is 12.1 Å². The van der Waals surface area contributed by atoms with Crippen molar-refractivity contribution in [2.75, 3.05) is 6.54 Å². The maximum Gasteiger partial charge on any atom is 0.573 e. The van der Waals surface area contributed by atoms with Crippen LogP contribution in [0.25, 0.3) is 0 Å². The largest absolute Gasteiger partial charge is 0.573 e. The van der Waals surface area contributed by atoms with Crippen LogP contribution in [0.15, 0.2) is 48.5 Å². The molecule has 0 radical (unpaired) electrons. The Bertz CT molecular complexity index is 807. The summed E-state index contributed by atoms with van der Waals surface area (Å²) in [6, 6.07) is 13.0. The van der Waals surface area contributed by atoms with Gasteiger partial charge in [0.25, 0.3) is 0 Å². The lowest BCUT2D eigenvalue weighted by atomic mass is 10.1. The van der Waals surface area contributed by atoms with Crippen molar-refractivity contribution in [3.05, 3.63) is 65.2 Å². The molecule has 166 valence electrons. The monoisotopic (exact) mass is 435 g/mol. The molecule has 1 atom stereocenters. The minimum absolute atomic E-state index is 0.0746. The molecule has 0 bridgehead atoms. The average Bonchev–Trinajstić information content (AvgIpc) is 2.59. The molecule has 3 nitrogen and oxygen atoms in total. The van der Waals surface area contributed by atoms with Gasteiger partial charge in [0, 0.05) is 13.1 Å². The van der Waals surface area contributed by atoms with Crippen LogP contribution in [0.3, 0.4) is 0 Å². The summed E-state index contributed by atoms with van der Waals surface area (Å²) in [7, 11) is 0. The van der Waals surface area contributed by atoms with Crippen molar-refractivity contribution in [2.24, 2.45) is 0 Å². The molecule has 2 aromatic carbocycles. The number of benzene rings is 2. The Labute approximate surface area is 170 Å². The number of ether oxygens (including phenoxy) is 1. The first-order valence-electron chi connectivity index (χ1n) is 9.30. The maximum absolute atomic E-state index is 12.5. The highest BCUT2D eigenvalue weighted by Gasteiger charge is 2.37. The van der Waals surface area contributed by atoms with E-state index in [2.05, 4.69) is 4.74 Å². The summed E-state index contributed by atoms with van der Waals surface area (Å²) < 4.78 is 78.9. The Morgan fingerprint density at radius 3 is 2.10 bits per heavy atom. The molecule has 0 aromatic heterocycles. The molecule has 0 heterocycles. The van der Waals surface area contributed by atoms with E-state index in [4.69, 9.17) is 0 Å². The van der Waals surface area contributed by atoms with E-state index in [1.54, 1.807) is 6.07 Å². The van der Waals surface area contributed by atoms with Gasteiger partial charge in [-0.1, -0.05) is 42.0 Å². The van der Waals surface area contributed by atoms with Crippen LogP contribution in [0.4, 0.5) is 26.3 Å². The fourth-order valence-corrected chi connectivity index (χ4v) is 3.05. The van der Waals surface area contributed by atoms with Gasteiger partial charge in [-0.25, -0.2) is 0 Å². The normalized spacial score (nSPS) is 13.5. The van der Waals surface area contributed by atoms with Crippen LogP contribution in [0, 0.1) is 6.92 Å². The van der Waals surface area contributed by atoms with E-state index in [0.717, 1.165) is 11.1 Å². The van der Waals surface area contributed by atoms with Gasteiger partial charge in [0.2, 0.25) is 0 Å². The maximum atomic E-state index is 12.5. The van der Waals surface area contributed by atoms with Crippen molar-refractivity contribution >= 4 is 0 Å². The van der Waals surface area contributed by atoms with E-state index in [-0.39, 0.29) is 25.3 Å². The van der Waals surface area contributed by atoms with Gasteiger partial charge in [0.15, 0.2) is 0 Å². The quantitative estimate of drug-likeness (QED) is 0.521. The molecule has 9 heteroatoms. The van der Waals surface area contributed by atoms with Gasteiger partial charge in [0.05, 0.1) is 0 Å². The average molecular weight is 435 g/mol. The van der Waals surface area contributed by atoms with Gasteiger partial charge >= 0.3 is 12.5 Å². The fourth-order valence-electron chi connectivity index (χ4n) is 3.05. The van der Waals surface area contributed by atoms with Gasteiger partial charge < -0.3 is 9.84 Å². The molecule has 0 aliphatic carbocycles. The Hall–Kier alpha value is -2.26. The molecule has 2 rings (SSSR count). The lowest BCUT2D eigenvalue weighted by Gasteiger charge is -2.24. The molecule has 0 aliphatic rings. The molecule has 1 N–H and O–H groups in total. The van der Waals surface area contributed by atoms with E-state index < -0.39 is 25.1 Å². The molecule has 0 aliphatic heterocycles. The summed E-state index contributed by atoms with van der Waals surface area (Å²) in [5, 5.41) is 9.19. The Kier molecular flexibility index (Phi) is 8.14. The van der Waals surface area contributed by atoms with Crippen LogP contribution in [0.5, 0.6) is 5.75 Å². The van der Waals surface area contributed by atoms with Crippen molar-refractivity contribution in [3.63, 3.8) is 0 Å². The zero-order valence-corrected chi connectivity index (χ0v) is 16.3. The van der Waals surface area contributed by atoms with E-state index in [1.165, 1.54) is 18.2 Å². The van der Waals surface area contributed by atoms with E-state index in [1.807, 2.05) is 36.1 Å². The number of alkyl halides is 6. The molecule has 30 heavy (non-hydrogen) atoms. The van der Waals surface area contributed by atoms with Crippen molar-refractivity contribution in [2.45, 2.75) is 51.5 Å². The first kappa shape index (κ1) is 24.0. The topological polar surface area (TPSA) is 32.7 Å². The highest BCUT2D eigenvalue weighted by molar-refractivity contribution is 5.29. The smallest absolute Gasteiger partial charge is 0.406 e. The number of rotatable bonds is 9. The van der Waals surface area contributed by atoms with Crippen LogP contribution in [-0.4, -0.2) is 35.2 Å². The summed E-state index contributed by atoms with van der Waals surface area (Å²) in [6.45, 7) is 2.75. The predicted molar refractivity (Wildman–Crippen MR) is 99.7 cm³/mol. The molecule has 0 spiro atoms. The molecule has 0 unspecified atom stereocenters. The Morgan fingerprint density at radius 2 is 1.53 bits per heavy atom. The summed E-state index contributed by atoms with van der Waals surface area (Å²) in [5.74, 6) is -0.358.